The quantitative estimate of drug-likeness (QED) is 0.594. The summed E-state index contributed by atoms with van der Waals surface area (Å²) in [6, 6.07) is 16.3. The Morgan fingerprint density at radius 2 is 1.73 bits per heavy atom. The van der Waals surface area contributed by atoms with E-state index in [-0.39, 0.29) is 11.5 Å². The van der Waals surface area contributed by atoms with Crippen LogP contribution in [0.3, 0.4) is 0 Å². The van der Waals surface area contributed by atoms with E-state index in [1.807, 2.05) is 30.3 Å². The molecule has 0 saturated carbocycles. The summed E-state index contributed by atoms with van der Waals surface area (Å²) in [5, 5.41) is 2.76. The van der Waals surface area contributed by atoms with Crippen LogP contribution in [0.2, 0.25) is 0 Å². The van der Waals surface area contributed by atoms with Crippen LogP contribution in [0.15, 0.2) is 64.4 Å². The van der Waals surface area contributed by atoms with Crippen molar-refractivity contribution in [1.29, 1.82) is 0 Å². The largest absolute Gasteiger partial charge is 0.351 e. The number of thioether (sulfide) groups is 2. The second kappa shape index (κ2) is 8.80. The van der Waals surface area contributed by atoms with Crippen LogP contribution >= 0.6 is 23.5 Å². The number of carbonyl (C=O) groups excluding carboxylic acids is 1. The number of nitrogens with one attached hydrogen (secondary N) is 1. The van der Waals surface area contributed by atoms with Crippen LogP contribution in [0.4, 0.5) is 8.78 Å². The molecule has 0 heterocycles. The first-order valence-corrected chi connectivity index (χ1v) is 8.53. The Bertz CT molecular complexity index is 608. The van der Waals surface area contributed by atoms with E-state index in [2.05, 4.69) is 5.32 Å². The van der Waals surface area contributed by atoms with Crippen molar-refractivity contribution in [1.82, 2.24) is 5.32 Å². The molecule has 1 N–H and O–H groups in total. The molecule has 0 aromatic heterocycles. The van der Waals surface area contributed by atoms with Gasteiger partial charge in [0.1, 0.15) is 0 Å². The van der Waals surface area contributed by atoms with Crippen molar-refractivity contribution in [3.63, 3.8) is 0 Å². The van der Waals surface area contributed by atoms with Crippen LogP contribution in [0, 0.1) is 0 Å². The molecule has 2 aromatic rings. The van der Waals surface area contributed by atoms with Crippen molar-refractivity contribution < 1.29 is 13.6 Å². The third-order valence-electron chi connectivity index (χ3n) is 2.75. The number of hydrogen-bond donors (Lipinski definition) is 1. The predicted octanol–water partition coefficient (Wildman–Crippen LogP) is 4.52. The van der Waals surface area contributed by atoms with Crippen LogP contribution < -0.4 is 5.32 Å². The summed E-state index contributed by atoms with van der Waals surface area (Å²) in [6.45, 7) is 0.478. The van der Waals surface area contributed by atoms with Gasteiger partial charge < -0.3 is 5.32 Å². The summed E-state index contributed by atoms with van der Waals surface area (Å²) in [5.41, 5.74) is 0.289. The maximum Gasteiger partial charge on any atom is 0.288 e. The molecule has 0 spiro atoms. The van der Waals surface area contributed by atoms with Gasteiger partial charge in [-0.1, -0.05) is 42.1 Å². The minimum absolute atomic E-state index is 0.289. The molecule has 0 unspecified atom stereocenters. The lowest BCUT2D eigenvalue weighted by molar-refractivity contribution is 0.0953. The highest BCUT2D eigenvalue weighted by Crippen LogP contribution is 2.28. The molecule has 0 bridgehead atoms. The minimum Gasteiger partial charge on any atom is -0.351 e. The number of halogens is 2. The lowest BCUT2D eigenvalue weighted by atomic mass is 10.2. The first kappa shape index (κ1) is 16.8. The number of rotatable bonds is 7. The van der Waals surface area contributed by atoms with Gasteiger partial charge in [-0.05, 0) is 24.3 Å². The zero-order valence-electron chi connectivity index (χ0n) is 11.7. The molecular formula is C16H15F2NOS2. The zero-order chi connectivity index (χ0) is 15.8. The average Bonchev–Trinajstić information content (AvgIpc) is 2.52. The SMILES string of the molecule is O=C(NCCSc1ccccc1)c1ccccc1SC(F)F. The molecule has 22 heavy (non-hydrogen) atoms. The first-order chi connectivity index (χ1) is 10.7. The van der Waals surface area contributed by atoms with E-state index in [4.69, 9.17) is 0 Å². The van der Waals surface area contributed by atoms with Crippen LogP contribution in [-0.2, 0) is 0 Å². The van der Waals surface area contributed by atoms with Crippen LogP contribution in [-0.4, -0.2) is 24.0 Å². The van der Waals surface area contributed by atoms with Gasteiger partial charge in [0.25, 0.3) is 11.7 Å². The smallest absolute Gasteiger partial charge is 0.288 e. The summed E-state index contributed by atoms with van der Waals surface area (Å²) < 4.78 is 25.0. The topological polar surface area (TPSA) is 29.1 Å². The molecule has 6 heteroatoms. The Kier molecular flexibility index (Phi) is 6.74. The number of hydrogen-bond acceptors (Lipinski definition) is 3. The molecule has 116 valence electrons. The second-order valence-corrected chi connectivity index (χ2v) is 6.49. The van der Waals surface area contributed by atoms with E-state index in [1.165, 1.54) is 6.07 Å². The van der Waals surface area contributed by atoms with Crippen LogP contribution in [0.1, 0.15) is 10.4 Å². The molecule has 0 atom stereocenters. The third-order valence-corrected chi connectivity index (χ3v) is 4.55. The van der Waals surface area contributed by atoms with Gasteiger partial charge in [0, 0.05) is 22.1 Å². The lowest BCUT2D eigenvalue weighted by Gasteiger charge is -2.09. The highest BCUT2D eigenvalue weighted by atomic mass is 32.2. The Balaban J connectivity index is 1.85. The Morgan fingerprint density at radius 1 is 1.05 bits per heavy atom. The van der Waals surface area contributed by atoms with Crippen LogP contribution in [0.5, 0.6) is 0 Å². The maximum atomic E-state index is 12.5. The van der Waals surface area contributed by atoms with E-state index in [1.54, 1.807) is 30.0 Å². The second-order valence-electron chi connectivity index (χ2n) is 4.29. The molecule has 0 saturated heterocycles. The van der Waals surface area contributed by atoms with Gasteiger partial charge in [0.15, 0.2) is 0 Å². The summed E-state index contributed by atoms with van der Waals surface area (Å²) in [6.07, 6.45) is 0. The molecule has 2 rings (SSSR count). The zero-order valence-corrected chi connectivity index (χ0v) is 13.3. The highest BCUT2D eigenvalue weighted by Gasteiger charge is 2.14. The molecule has 0 aliphatic heterocycles. The number of benzene rings is 2. The molecule has 0 fully saturated rings. The Morgan fingerprint density at radius 3 is 2.45 bits per heavy atom. The molecule has 0 radical (unpaired) electrons. The normalized spacial score (nSPS) is 10.7. The summed E-state index contributed by atoms with van der Waals surface area (Å²) in [5.74, 6) is -2.14. The molecule has 1 amide bonds. The van der Waals surface area contributed by atoms with Gasteiger partial charge in [-0.15, -0.1) is 11.8 Å². The standard InChI is InChI=1S/C16H15F2NOS2/c17-16(18)22-14-9-5-4-8-13(14)15(20)19-10-11-21-12-6-2-1-3-7-12/h1-9,16H,10-11H2,(H,19,20). The van der Waals surface area contributed by atoms with E-state index in [9.17, 15) is 13.6 Å². The van der Waals surface area contributed by atoms with Crippen molar-refractivity contribution >= 4 is 29.4 Å². The van der Waals surface area contributed by atoms with E-state index >= 15 is 0 Å². The molecule has 0 aliphatic carbocycles. The van der Waals surface area contributed by atoms with Crippen molar-refractivity contribution in [3.8, 4) is 0 Å². The maximum absolute atomic E-state index is 12.5. The first-order valence-electron chi connectivity index (χ1n) is 6.66. The predicted molar refractivity (Wildman–Crippen MR) is 87.8 cm³/mol. The van der Waals surface area contributed by atoms with Gasteiger partial charge in [-0.3, -0.25) is 4.79 Å². The third kappa shape index (κ3) is 5.35. The van der Waals surface area contributed by atoms with Gasteiger partial charge in [0.05, 0.1) is 5.56 Å². The van der Waals surface area contributed by atoms with Gasteiger partial charge in [-0.25, -0.2) is 0 Å². The monoisotopic (exact) mass is 339 g/mol. The fourth-order valence-electron chi connectivity index (χ4n) is 1.80. The molecule has 2 nitrogen and oxygen atoms in total. The molecule has 0 aliphatic rings. The minimum atomic E-state index is -2.54. The van der Waals surface area contributed by atoms with E-state index in [0.717, 1.165) is 10.6 Å². The van der Waals surface area contributed by atoms with Crippen molar-refractivity contribution in [3.05, 3.63) is 60.2 Å². The number of alkyl halides is 2. The number of carbonyl (C=O) groups is 1. The summed E-state index contributed by atoms with van der Waals surface area (Å²) in [7, 11) is 0. The summed E-state index contributed by atoms with van der Waals surface area (Å²) >= 11 is 2.02. The fourth-order valence-corrected chi connectivity index (χ4v) is 3.22. The van der Waals surface area contributed by atoms with Gasteiger partial charge in [0.2, 0.25) is 0 Å². The highest BCUT2D eigenvalue weighted by molar-refractivity contribution is 7.99. The van der Waals surface area contributed by atoms with Crippen molar-refractivity contribution in [2.24, 2.45) is 0 Å². The van der Waals surface area contributed by atoms with Gasteiger partial charge >= 0.3 is 0 Å². The lowest BCUT2D eigenvalue weighted by Crippen LogP contribution is -2.26. The van der Waals surface area contributed by atoms with E-state index in [0.29, 0.717) is 23.2 Å². The van der Waals surface area contributed by atoms with Crippen LogP contribution in [0.25, 0.3) is 0 Å². The van der Waals surface area contributed by atoms with Crippen molar-refractivity contribution in [2.75, 3.05) is 12.3 Å². The Labute approximate surface area is 136 Å². The molecule has 2 aromatic carbocycles. The van der Waals surface area contributed by atoms with E-state index < -0.39 is 5.76 Å². The number of amides is 1. The molecular weight excluding hydrogens is 324 g/mol. The van der Waals surface area contributed by atoms with Gasteiger partial charge in [-0.2, -0.15) is 8.78 Å². The summed E-state index contributed by atoms with van der Waals surface area (Å²) in [4.78, 5) is 13.5. The Hall–Kier alpha value is -1.53. The van der Waals surface area contributed by atoms with Crippen molar-refractivity contribution in [2.45, 2.75) is 15.5 Å². The fraction of sp³-hybridized carbons (Fsp3) is 0.188. The average molecular weight is 339 g/mol.